The molecule has 3 aliphatic rings. The van der Waals surface area contributed by atoms with Crippen molar-refractivity contribution in [3.8, 4) is 55.6 Å². The molecule has 0 amide bonds. The van der Waals surface area contributed by atoms with Crippen molar-refractivity contribution in [2.24, 2.45) is 0 Å². The van der Waals surface area contributed by atoms with E-state index in [0.29, 0.717) is 6.54 Å². The Morgan fingerprint density at radius 3 is 1.56 bits per heavy atom. The third-order valence-corrected chi connectivity index (χ3v) is 14.8. The van der Waals surface area contributed by atoms with Crippen LogP contribution in [0.1, 0.15) is 52.8 Å². The number of fused-ring (bicyclic) bond motifs is 12. The summed E-state index contributed by atoms with van der Waals surface area (Å²) >= 11 is 0. The highest BCUT2D eigenvalue weighted by Crippen LogP contribution is 2.64. The fourth-order valence-electron chi connectivity index (χ4n) is 12.0. The molecule has 0 heterocycles. The molecule has 0 bridgehead atoms. The maximum Gasteiger partial charge on any atom is 0.0732 e. The third-order valence-electron chi connectivity index (χ3n) is 14.8. The molecule has 0 saturated heterocycles. The number of nitrogens with zero attached hydrogens (tertiary/aromatic N) is 1. The molecular formula is C63H45N. The van der Waals surface area contributed by atoms with E-state index in [4.69, 9.17) is 0 Å². The Morgan fingerprint density at radius 1 is 0.344 bits per heavy atom. The molecule has 0 saturated carbocycles. The van der Waals surface area contributed by atoms with Crippen LogP contribution in [0.2, 0.25) is 0 Å². The minimum absolute atomic E-state index is 0.0803. The van der Waals surface area contributed by atoms with Crippen LogP contribution >= 0.6 is 0 Å². The summed E-state index contributed by atoms with van der Waals surface area (Å²) < 4.78 is 0. The van der Waals surface area contributed by atoms with E-state index in [1.54, 1.807) is 0 Å². The van der Waals surface area contributed by atoms with Crippen LogP contribution in [0, 0.1) is 0 Å². The van der Waals surface area contributed by atoms with Crippen molar-refractivity contribution in [1.82, 2.24) is 0 Å². The van der Waals surface area contributed by atoms with Gasteiger partial charge in [0, 0.05) is 23.3 Å². The lowest BCUT2D eigenvalue weighted by atomic mass is 9.60. The lowest BCUT2D eigenvalue weighted by Crippen LogP contribution is -2.33. The van der Waals surface area contributed by atoms with Crippen molar-refractivity contribution in [2.45, 2.75) is 31.2 Å². The van der Waals surface area contributed by atoms with Gasteiger partial charge in [-0.05, 0) is 130 Å². The average molecular weight is 816 g/mol. The van der Waals surface area contributed by atoms with Crippen LogP contribution < -0.4 is 4.90 Å². The number of hydrogen-bond donors (Lipinski definition) is 0. The average Bonchev–Trinajstić information content (AvgIpc) is 3.77. The van der Waals surface area contributed by atoms with E-state index in [2.05, 4.69) is 243 Å². The topological polar surface area (TPSA) is 3.24 Å². The molecule has 3 aliphatic carbocycles. The molecular weight excluding hydrogens is 771 g/mol. The van der Waals surface area contributed by atoms with Gasteiger partial charge in [0.15, 0.2) is 0 Å². The van der Waals surface area contributed by atoms with E-state index in [9.17, 15) is 0 Å². The molecule has 0 aliphatic heterocycles. The molecule has 1 nitrogen and oxygen atoms in total. The van der Waals surface area contributed by atoms with Crippen LogP contribution in [0.5, 0.6) is 0 Å². The van der Waals surface area contributed by atoms with Gasteiger partial charge in [0.2, 0.25) is 0 Å². The molecule has 302 valence electrons. The lowest BCUT2D eigenvalue weighted by Gasteiger charge is -2.41. The van der Waals surface area contributed by atoms with Crippen molar-refractivity contribution in [3.63, 3.8) is 0 Å². The first kappa shape index (κ1) is 36.9. The predicted molar refractivity (Wildman–Crippen MR) is 267 cm³/mol. The standard InChI is InChI=1S/C63H45N/c1-62(2)55-29-14-11-27-51(55)54-38-45(34-37-56(54)62)64(40-44-22-9-10-24-47(44)41-18-5-3-6-19-41)46-33-36-52-49-25-12-15-30-57(49)63(59(52)39-46)58-31-16-13-26-50(58)53-28-17-23-43-32-35-48(61(63)60(43)53)42-20-7-4-8-21-42/h3-39H,40H2,1-2H3. The summed E-state index contributed by atoms with van der Waals surface area (Å²) in [7, 11) is 0. The number of anilines is 2. The quantitative estimate of drug-likeness (QED) is 0.162. The van der Waals surface area contributed by atoms with Gasteiger partial charge in [0.05, 0.1) is 5.41 Å². The molecule has 0 fully saturated rings. The van der Waals surface area contributed by atoms with Gasteiger partial charge >= 0.3 is 0 Å². The van der Waals surface area contributed by atoms with Crippen molar-refractivity contribution >= 4 is 22.1 Å². The van der Waals surface area contributed by atoms with E-state index in [1.807, 2.05) is 0 Å². The van der Waals surface area contributed by atoms with E-state index < -0.39 is 5.41 Å². The summed E-state index contributed by atoms with van der Waals surface area (Å²) in [5.41, 5.74) is 23.9. The summed E-state index contributed by atoms with van der Waals surface area (Å²) in [4.78, 5) is 2.58. The van der Waals surface area contributed by atoms with Gasteiger partial charge in [-0.2, -0.15) is 0 Å². The van der Waals surface area contributed by atoms with Crippen molar-refractivity contribution in [1.29, 1.82) is 0 Å². The van der Waals surface area contributed by atoms with Crippen LogP contribution in [0.3, 0.4) is 0 Å². The Balaban J connectivity index is 1.11. The molecule has 10 aromatic rings. The van der Waals surface area contributed by atoms with E-state index >= 15 is 0 Å². The van der Waals surface area contributed by atoms with Crippen LogP contribution in [0.15, 0.2) is 224 Å². The molecule has 1 unspecified atom stereocenters. The largest absolute Gasteiger partial charge is 0.337 e. The monoisotopic (exact) mass is 815 g/mol. The number of benzene rings is 10. The fraction of sp³-hybridized carbons (Fsp3) is 0.0794. The second-order valence-corrected chi connectivity index (χ2v) is 18.3. The first-order chi connectivity index (χ1) is 31.5. The zero-order valence-corrected chi connectivity index (χ0v) is 36.0. The number of rotatable bonds is 6. The molecule has 10 aromatic carbocycles. The van der Waals surface area contributed by atoms with Gasteiger partial charge in [-0.25, -0.2) is 0 Å². The van der Waals surface area contributed by atoms with Gasteiger partial charge in [-0.1, -0.05) is 214 Å². The van der Waals surface area contributed by atoms with Crippen molar-refractivity contribution in [3.05, 3.63) is 263 Å². The summed E-state index contributed by atoms with van der Waals surface area (Å²) in [6.07, 6.45) is 0. The molecule has 1 spiro atoms. The summed E-state index contributed by atoms with van der Waals surface area (Å²) in [6, 6.07) is 84.5. The van der Waals surface area contributed by atoms with Crippen molar-refractivity contribution < 1.29 is 0 Å². The predicted octanol–water partition coefficient (Wildman–Crippen LogP) is 16.2. The maximum atomic E-state index is 2.58. The SMILES string of the molecule is CC1(C)c2ccccc2-c2cc(N(Cc3ccccc3-c3ccccc3)c3ccc4c(c3)C3(c5ccccc5-4)c4ccccc4-c4cccc5ccc(-c6ccccc6)c3c45)ccc21. The smallest absolute Gasteiger partial charge is 0.0732 e. The Hall–Kier alpha value is -7.74. The Bertz CT molecular complexity index is 3500. The second-order valence-electron chi connectivity index (χ2n) is 18.3. The highest BCUT2D eigenvalue weighted by atomic mass is 15.1. The van der Waals surface area contributed by atoms with Gasteiger partial charge < -0.3 is 4.90 Å². The zero-order valence-electron chi connectivity index (χ0n) is 36.0. The Labute approximate surface area is 375 Å². The van der Waals surface area contributed by atoms with E-state index in [-0.39, 0.29) is 5.41 Å². The summed E-state index contributed by atoms with van der Waals surface area (Å²) in [6.45, 7) is 5.43. The third kappa shape index (κ3) is 5.13. The van der Waals surface area contributed by atoms with Gasteiger partial charge in [-0.15, -0.1) is 0 Å². The molecule has 1 atom stereocenters. The van der Waals surface area contributed by atoms with Crippen molar-refractivity contribution in [2.75, 3.05) is 4.90 Å². The molecule has 0 aromatic heterocycles. The lowest BCUT2D eigenvalue weighted by molar-refractivity contribution is 0.660. The van der Waals surface area contributed by atoms with E-state index in [0.717, 1.165) is 0 Å². The zero-order chi connectivity index (χ0) is 42.6. The first-order valence-corrected chi connectivity index (χ1v) is 22.6. The minimum Gasteiger partial charge on any atom is -0.337 e. The Kier molecular flexibility index (Phi) is 8.00. The van der Waals surface area contributed by atoms with Gasteiger partial charge in [0.25, 0.3) is 0 Å². The first-order valence-electron chi connectivity index (χ1n) is 22.6. The number of hydrogen-bond acceptors (Lipinski definition) is 1. The second kappa shape index (κ2) is 13.9. The van der Waals surface area contributed by atoms with Crippen LogP contribution in [-0.4, -0.2) is 0 Å². The van der Waals surface area contributed by atoms with Crippen LogP contribution in [0.4, 0.5) is 11.4 Å². The Morgan fingerprint density at radius 2 is 0.844 bits per heavy atom. The minimum atomic E-state index is -0.591. The normalized spacial score (nSPS) is 15.6. The summed E-state index contributed by atoms with van der Waals surface area (Å²) in [5.74, 6) is 0. The molecule has 13 rings (SSSR count). The maximum absolute atomic E-state index is 2.58. The van der Waals surface area contributed by atoms with Crippen LogP contribution in [0.25, 0.3) is 66.4 Å². The molecule has 1 heteroatoms. The van der Waals surface area contributed by atoms with E-state index in [1.165, 1.54) is 117 Å². The fourth-order valence-corrected chi connectivity index (χ4v) is 12.0. The van der Waals surface area contributed by atoms with Gasteiger partial charge in [0.1, 0.15) is 0 Å². The summed E-state index contributed by atoms with van der Waals surface area (Å²) in [5, 5.41) is 2.60. The molecule has 0 N–H and O–H groups in total. The van der Waals surface area contributed by atoms with Crippen LogP contribution in [-0.2, 0) is 17.4 Å². The highest BCUT2D eigenvalue weighted by molar-refractivity contribution is 6.10. The highest BCUT2D eigenvalue weighted by Gasteiger charge is 2.51. The molecule has 0 radical (unpaired) electrons. The van der Waals surface area contributed by atoms with Gasteiger partial charge in [-0.3, -0.25) is 0 Å². The molecule has 64 heavy (non-hydrogen) atoms.